The molecule has 10 heteroatoms. The van der Waals surface area contributed by atoms with Crippen molar-refractivity contribution >= 4 is 38.6 Å². The van der Waals surface area contributed by atoms with Crippen LogP contribution in [0.3, 0.4) is 0 Å². The second-order valence-corrected chi connectivity index (χ2v) is 9.37. The van der Waals surface area contributed by atoms with Crippen molar-refractivity contribution in [1.29, 1.82) is 0 Å². The lowest BCUT2D eigenvalue weighted by Crippen LogP contribution is -2.35. The third-order valence-corrected chi connectivity index (χ3v) is 7.13. The van der Waals surface area contributed by atoms with Crippen molar-refractivity contribution < 1.29 is 18.1 Å². The number of nitro benzene ring substituents is 1. The van der Waals surface area contributed by atoms with Crippen molar-refractivity contribution in [2.75, 3.05) is 11.3 Å². The van der Waals surface area contributed by atoms with Gasteiger partial charge in [0, 0.05) is 24.8 Å². The second kappa shape index (κ2) is 7.88. The molecule has 2 aromatic carbocycles. The minimum Gasteiger partial charge on any atom is -0.333 e. The fourth-order valence-corrected chi connectivity index (χ4v) is 5.31. The zero-order chi connectivity index (χ0) is 21.3. The molecule has 1 aliphatic heterocycles. The van der Waals surface area contributed by atoms with Gasteiger partial charge in [-0.3, -0.25) is 19.6 Å². The van der Waals surface area contributed by atoms with Crippen molar-refractivity contribution in [2.24, 2.45) is 0 Å². The number of para-hydroxylation sites is 1. The number of sulfonamides is 1. The van der Waals surface area contributed by atoms with Crippen LogP contribution in [-0.4, -0.2) is 30.7 Å². The number of carbonyl (C=O) groups excluding carboxylic acids is 1. The van der Waals surface area contributed by atoms with Gasteiger partial charge in [0.05, 0.1) is 9.80 Å². The van der Waals surface area contributed by atoms with E-state index in [2.05, 4.69) is 4.72 Å². The monoisotopic (exact) mass is 443 g/mol. The first-order valence-electron chi connectivity index (χ1n) is 9.06. The third kappa shape index (κ3) is 3.91. The maximum atomic E-state index is 12.7. The molecule has 0 fully saturated rings. The topological polar surface area (TPSA) is 110 Å². The number of fused-ring (bicyclic) bond motifs is 1. The van der Waals surface area contributed by atoms with Crippen LogP contribution in [-0.2, 0) is 23.0 Å². The van der Waals surface area contributed by atoms with Gasteiger partial charge in [0.2, 0.25) is 0 Å². The van der Waals surface area contributed by atoms with Crippen LogP contribution >= 0.6 is 11.3 Å². The van der Waals surface area contributed by atoms with E-state index in [0.717, 1.165) is 17.2 Å². The maximum absolute atomic E-state index is 12.7. The number of hydrogen-bond acceptors (Lipinski definition) is 6. The molecule has 0 spiro atoms. The van der Waals surface area contributed by atoms with Crippen LogP contribution < -0.4 is 4.72 Å². The number of amides is 1. The summed E-state index contributed by atoms with van der Waals surface area (Å²) in [5.41, 5.74) is 1.68. The van der Waals surface area contributed by atoms with Crippen LogP contribution in [0.5, 0.6) is 0 Å². The molecule has 1 amide bonds. The molecule has 0 unspecified atom stereocenters. The van der Waals surface area contributed by atoms with E-state index in [0.29, 0.717) is 24.4 Å². The van der Waals surface area contributed by atoms with E-state index >= 15 is 0 Å². The van der Waals surface area contributed by atoms with Gasteiger partial charge in [0.25, 0.3) is 21.6 Å². The van der Waals surface area contributed by atoms with E-state index in [-0.39, 0.29) is 11.6 Å². The normalized spacial score (nSPS) is 13.5. The molecule has 0 saturated heterocycles. The number of nitrogens with zero attached hydrogens (tertiary/aromatic N) is 2. The summed E-state index contributed by atoms with van der Waals surface area (Å²) < 4.78 is 27.9. The first-order valence-corrected chi connectivity index (χ1v) is 11.4. The van der Waals surface area contributed by atoms with E-state index in [1.807, 2.05) is 17.5 Å². The van der Waals surface area contributed by atoms with E-state index in [4.69, 9.17) is 0 Å². The second-order valence-electron chi connectivity index (χ2n) is 6.77. The number of nitrogens with one attached hydrogen (secondary N) is 1. The summed E-state index contributed by atoms with van der Waals surface area (Å²) in [6.07, 6.45) is 0.670. The Kier molecular flexibility index (Phi) is 5.27. The number of nitro groups is 1. The number of benzene rings is 2. The van der Waals surface area contributed by atoms with Gasteiger partial charge in [0.15, 0.2) is 4.90 Å². The molecule has 1 N–H and O–H groups in total. The molecule has 0 atom stereocenters. The smallest absolute Gasteiger partial charge is 0.289 e. The molecule has 30 heavy (non-hydrogen) atoms. The maximum Gasteiger partial charge on any atom is 0.289 e. The molecule has 0 radical (unpaired) electrons. The Bertz CT molecular complexity index is 1220. The minimum atomic E-state index is -4.15. The summed E-state index contributed by atoms with van der Waals surface area (Å²) >= 11 is 1.38. The van der Waals surface area contributed by atoms with Crippen LogP contribution in [0.1, 0.15) is 20.8 Å². The number of anilines is 1. The van der Waals surface area contributed by atoms with Crippen LogP contribution in [0.2, 0.25) is 0 Å². The Morgan fingerprint density at radius 3 is 2.63 bits per heavy atom. The lowest BCUT2D eigenvalue weighted by molar-refractivity contribution is -0.387. The highest BCUT2D eigenvalue weighted by Gasteiger charge is 2.26. The molecule has 0 bridgehead atoms. The van der Waals surface area contributed by atoms with Crippen LogP contribution in [0.4, 0.5) is 11.4 Å². The Balaban J connectivity index is 1.59. The Hall–Kier alpha value is -3.24. The van der Waals surface area contributed by atoms with E-state index < -0.39 is 25.5 Å². The summed E-state index contributed by atoms with van der Waals surface area (Å²) in [6.45, 7) is 0.956. The van der Waals surface area contributed by atoms with Gasteiger partial charge in [-0.2, -0.15) is 0 Å². The highest BCUT2D eigenvalue weighted by Crippen LogP contribution is 2.28. The zero-order valence-electron chi connectivity index (χ0n) is 15.6. The molecule has 8 nitrogen and oxygen atoms in total. The predicted octanol–water partition coefficient (Wildman–Crippen LogP) is 3.66. The summed E-state index contributed by atoms with van der Waals surface area (Å²) in [7, 11) is -4.15. The number of rotatable bonds is 5. The van der Waals surface area contributed by atoms with Gasteiger partial charge in [-0.15, -0.1) is 11.3 Å². The van der Waals surface area contributed by atoms with Crippen LogP contribution in [0.15, 0.2) is 64.9 Å². The van der Waals surface area contributed by atoms with Gasteiger partial charge in [-0.05, 0) is 47.2 Å². The third-order valence-electron chi connectivity index (χ3n) is 4.84. The molecular formula is C20H17N3O5S2. The van der Waals surface area contributed by atoms with Gasteiger partial charge in [0.1, 0.15) is 0 Å². The lowest BCUT2D eigenvalue weighted by Gasteiger charge is -2.29. The number of thiophene rings is 1. The van der Waals surface area contributed by atoms with Gasteiger partial charge in [-0.1, -0.05) is 24.3 Å². The fourth-order valence-electron chi connectivity index (χ4n) is 3.40. The SMILES string of the molecule is O=C(c1cccs1)N1CCc2ccc(NS(=O)(=O)c3ccccc3[N+](=O)[O-])cc2C1. The predicted molar refractivity (Wildman–Crippen MR) is 113 cm³/mol. The molecule has 3 aromatic rings. The summed E-state index contributed by atoms with van der Waals surface area (Å²) in [6, 6.07) is 13.9. The number of carbonyl (C=O) groups is 1. The Morgan fingerprint density at radius 2 is 1.90 bits per heavy atom. The van der Waals surface area contributed by atoms with E-state index in [1.54, 1.807) is 23.1 Å². The van der Waals surface area contributed by atoms with Gasteiger partial charge in [-0.25, -0.2) is 8.42 Å². The quantitative estimate of drug-likeness (QED) is 0.478. The zero-order valence-corrected chi connectivity index (χ0v) is 17.3. The molecule has 1 aliphatic rings. The number of hydrogen-bond donors (Lipinski definition) is 1. The van der Waals surface area contributed by atoms with Crippen molar-refractivity contribution in [3.05, 3.63) is 86.1 Å². The largest absolute Gasteiger partial charge is 0.333 e. The first-order chi connectivity index (χ1) is 14.3. The highest BCUT2D eigenvalue weighted by atomic mass is 32.2. The lowest BCUT2D eigenvalue weighted by atomic mass is 9.99. The van der Waals surface area contributed by atoms with E-state index in [1.165, 1.54) is 29.5 Å². The van der Waals surface area contributed by atoms with Crippen LogP contribution in [0, 0.1) is 10.1 Å². The van der Waals surface area contributed by atoms with Crippen molar-refractivity contribution in [3.63, 3.8) is 0 Å². The highest BCUT2D eigenvalue weighted by molar-refractivity contribution is 7.92. The van der Waals surface area contributed by atoms with Gasteiger partial charge >= 0.3 is 0 Å². The molecule has 0 aliphatic carbocycles. The molecule has 4 rings (SSSR count). The average Bonchev–Trinajstić information content (AvgIpc) is 3.27. The van der Waals surface area contributed by atoms with Crippen molar-refractivity contribution in [1.82, 2.24) is 4.90 Å². The standard InChI is InChI=1S/C20H17N3O5S2/c24-20(18-5-3-11-29-18)22-10-9-14-7-8-16(12-15(14)13-22)21-30(27,28)19-6-2-1-4-17(19)23(25)26/h1-8,11-12,21H,9-10,13H2. The van der Waals surface area contributed by atoms with E-state index in [9.17, 15) is 23.3 Å². The fraction of sp³-hybridized carbons (Fsp3) is 0.150. The Morgan fingerprint density at radius 1 is 1.10 bits per heavy atom. The molecular weight excluding hydrogens is 426 g/mol. The molecule has 2 heterocycles. The molecule has 154 valence electrons. The average molecular weight is 444 g/mol. The minimum absolute atomic E-state index is 0.0541. The van der Waals surface area contributed by atoms with Crippen molar-refractivity contribution in [3.8, 4) is 0 Å². The molecule has 0 saturated carbocycles. The molecule has 1 aromatic heterocycles. The van der Waals surface area contributed by atoms with Gasteiger partial charge < -0.3 is 4.90 Å². The summed E-state index contributed by atoms with van der Waals surface area (Å²) in [4.78, 5) is 25.1. The van der Waals surface area contributed by atoms with Crippen LogP contribution in [0.25, 0.3) is 0 Å². The summed E-state index contributed by atoms with van der Waals surface area (Å²) in [5, 5.41) is 13.0. The first kappa shape index (κ1) is 20.0. The van der Waals surface area contributed by atoms with Crippen molar-refractivity contribution in [2.45, 2.75) is 17.9 Å². The Labute approximate surface area is 177 Å². The summed E-state index contributed by atoms with van der Waals surface area (Å²) in [5.74, 6) is -0.0541.